The number of hydrogen-bond donors (Lipinski definition) is 0. The van der Waals surface area contributed by atoms with Gasteiger partial charge in [-0.15, -0.1) is 0 Å². The van der Waals surface area contributed by atoms with Crippen molar-refractivity contribution in [1.82, 2.24) is 0 Å². The molecular weight excluding hydrogens is 460 g/mol. The molecule has 0 aliphatic carbocycles. The number of para-hydroxylation sites is 2. The highest BCUT2D eigenvalue weighted by molar-refractivity contribution is 6.12. The van der Waals surface area contributed by atoms with Crippen LogP contribution >= 0.6 is 0 Å². The largest absolute Gasteiger partial charge is 0.310 e. The van der Waals surface area contributed by atoms with Gasteiger partial charge in [0.1, 0.15) is 0 Å². The monoisotopic (exact) mass is 494 g/mol. The van der Waals surface area contributed by atoms with Gasteiger partial charge in [0.05, 0.1) is 11.4 Å². The summed E-state index contributed by atoms with van der Waals surface area (Å²) in [5.41, 5.74) is 7.88. The first-order chi connectivity index (χ1) is 18.6. The van der Waals surface area contributed by atoms with Crippen LogP contribution in [0.25, 0.3) is 22.9 Å². The summed E-state index contributed by atoms with van der Waals surface area (Å²) in [5, 5.41) is 2.17. The third-order valence-corrected chi connectivity index (χ3v) is 6.54. The van der Waals surface area contributed by atoms with E-state index in [2.05, 4.69) is 122 Å². The van der Waals surface area contributed by atoms with Crippen LogP contribution in [-0.2, 0) is 0 Å². The zero-order chi connectivity index (χ0) is 27.1. The molecule has 0 amide bonds. The quantitative estimate of drug-likeness (QED) is 0.202. The van der Waals surface area contributed by atoms with Crippen LogP contribution in [-0.4, -0.2) is 0 Å². The molecule has 0 N–H and O–H groups in total. The van der Waals surface area contributed by atoms with Gasteiger partial charge in [-0.2, -0.15) is 0 Å². The summed E-state index contributed by atoms with van der Waals surface area (Å²) >= 11 is 0. The Morgan fingerprint density at radius 3 is 1.50 bits per heavy atom. The molecule has 0 radical (unpaired) electrons. The van der Waals surface area contributed by atoms with Crippen LogP contribution in [0, 0.1) is 0 Å². The molecule has 0 atom stereocenters. The Hall–Kier alpha value is -4.82. The molecule has 0 aliphatic heterocycles. The zero-order valence-electron chi connectivity index (χ0n) is 22.3. The van der Waals surface area contributed by atoms with Gasteiger partial charge in [0.15, 0.2) is 0 Å². The minimum atomic E-state index is 0.773. The fourth-order valence-electron chi connectivity index (χ4n) is 4.90. The number of benzene rings is 4. The van der Waals surface area contributed by atoms with E-state index < -0.39 is 0 Å². The molecule has 38 heavy (non-hydrogen) atoms. The van der Waals surface area contributed by atoms with Gasteiger partial charge in [-0.1, -0.05) is 111 Å². The van der Waals surface area contributed by atoms with E-state index >= 15 is 0 Å². The first-order valence-electron chi connectivity index (χ1n) is 12.8. The molecule has 4 aromatic rings. The van der Waals surface area contributed by atoms with Crippen LogP contribution < -0.4 is 9.80 Å². The van der Waals surface area contributed by atoms with Crippen molar-refractivity contribution in [2.75, 3.05) is 9.80 Å². The molecular formula is C36H34N2. The van der Waals surface area contributed by atoms with Crippen molar-refractivity contribution in [2.45, 2.75) is 13.8 Å². The average molecular weight is 495 g/mol. The second-order valence-corrected chi connectivity index (χ2v) is 8.73. The van der Waals surface area contributed by atoms with E-state index in [0.717, 1.165) is 56.0 Å². The van der Waals surface area contributed by atoms with E-state index in [9.17, 15) is 0 Å². The van der Waals surface area contributed by atoms with Crippen molar-refractivity contribution in [2.24, 2.45) is 0 Å². The fraction of sp³-hybridized carbons (Fsp3) is 0.0556. The van der Waals surface area contributed by atoms with Crippen molar-refractivity contribution in [1.29, 1.82) is 0 Å². The Kier molecular flexibility index (Phi) is 8.25. The summed E-state index contributed by atoms with van der Waals surface area (Å²) < 4.78 is 0. The molecule has 2 heteroatoms. The molecule has 0 aliphatic rings. The third kappa shape index (κ3) is 4.77. The van der Waals surface area contributed by atoms with Gasteiger partial charge in [-0.3, -0.25) is 0 Å². The Balaban J connectivity index is 2.21. The second-order valence-electron chi connectivity index (χ2n) is 8.73. The molecule has 4 aromatic carbocycles. The van der Waals surface area contributed by atoms with Crippen LogP contribution in [0.2, 0.25) is 0 Å². The van der Waals surface area contributed by atoms with Gasteiger partial charge in [-0.05, 0) is 50.3 Å². The van der Waals surface area contributed by atoms with Crippen LogP contribution in [0.15, 0.2) is 147 Å². The van der Waals surface area contributed by atoms with Crippen LogP contribution in [0.5, 0.6) is 0 Å². The van der Waals surface area contributed by atoms with Gasteiger partial charge in [0, 0.05) is 44.7 Å². The number of allylic oxidation sites excluding steroid dienone is 4. The molecule has 0 unspecified atom stereocenters. The smallest absolute Gasteiger partial charge is 0.0619 e. The molecule has 188 valence electrons. The van der Waals surface area contributed by atoms with Crippen molar-refractivity contribution in [3.63, 3.8) is 0 Å². The summed E-state index contributed by atoms with van der Waals surface area (Å²) in [5.74, 6) is 0. The van der Waals surface area contributed by atoms with Gasteiger partial charge >= 0.3 is 0 Å². The first kappa shape index (κ1) is 26.2. The molecule has 2 nitrogen and oxygen atoms in total. The molecule has 0 heterocycles. The maximum Gasteiger partial charge on any atom is 0.0619 e. The van der Waals surface area contributed by atoms with Crippen LogP contribution in [0.3, 0.4) is 0 Å². The number of rotatable bonds is 10. The lowest BCUT2D eigenvalue weighted by atomic mass is 9.92. The van der Waals surface area contributed by atoms with E-state index in [0.29, 0.717) is 0 Å². The van der Waals surface area contributed by atoms with Crippen molar-refractivity contribution < 1.29 is 0 Å². The van der Waals surface area contributed by atoms with Gasteiger partial charge in [0.2, 0.25) is 0 Å². The second kappa shape index (κ2) is 11.9. The Bertz CT molecular complexity index is 1540. The first-order valence-corrected chi connectivity index (χ1v) is 12.8. The predicted molar refractivity (Wildman–Crippen MR) is 169 cm³/mol. The molecule has 4 rings (SSSR count). The van der Waals surface area contributed by atoms with E-state index in [-0.39, 0.29) is 0 Å². The fourth-order valence-corrected chi connectivity index (χ4v) is 4.90. The Labute approximate surface area is 227 Å². The summed E-state index contributed by atoms with van der Waals surface area (Å²) in [6.45, 7) is 21.0. The highest BCUT2D eigenvalue weighted by atomic mass is 15.2. The molecule has 0 saturated carbocycles. The van der Waals surface area contributed by atoms with E-state index in [1.165, 1.54) is 0 Å². The maximum atomic E-state index is 4.35. The third-order valence-electron chi connectivity index (χ3n) is 6.54. The molecule has 0 bridgehead atoms. The Morgan fingerprint density at radius 1 is 0.632 bits per heavy atom. The molecule has 0 fully saturated rings. The van der Waals surface area contributed by atoms with E-state index in [4.69, 9.17) is 0 Å². The summed E-state index contributed by atoms with van der Waals surface area (Å²) in [6, 6.07) is 29.2. The maximum absolute atomic E-state index is 4.35. The van der Waals surface area contributed by atoms with Gasteiger partial charge in [-0.25, -0.2) is 0 Å². The molecule has 0 saturated heterocycles. The number of nitrogens with zero attached hydrogens (tertiary/aromatic N) is 2. The van der Waals surface area contributed by atoms with E-state index in [1.54, 1.807) is 6.08 Å². The van der Waals surface area contributed by atoms with E-state index in [1.807, 2.05) is 43.3 Å². The molecule has 0 aromatic heterocycles. The normalized spacial score (nSPS) is 11.4. The minimum absolute atomic E-state index is 0.773. The number of anilines is 4. The standard InChI is InChI=1S/C36H34N2/c1-7-20-28(9-3)38(30-23-16-13-17-24-30)36-32(11-5)31(10-4)35(33-25-18-19-26-34(33)36)37(27(6)8-2)29-21-14-12-15-22-29/h7-26H,2,4-6H2,1,3H3/b20-7-,28-9+. The van der Waals surface area contributed by atoms with Gasteiger partial charge < -0.3 is 9.80 Å². The molecule has 0 spiro atoms. The van der Waals surface area contributed by atoms with Crippen molar-refractivity contribution >= 4 is 45.7 Å². The lowest BCUT2D eigenvalue weighted by molar-refractivity contribution is 1.19. The minimum Gasteiger partial charge on any atom is -0.310 e. The number of hydrogen-bond acceptors (Lipinski definition) is 2. The number of fused-ring (bicyclic) bond motifs is 1. The highest BCUT2D eigenvalue weighted by Crippen LogP contribution is 2.48. The van der Waals surface area contributed by atoms with Crippen molar-refractivity contribution in [3.05, 3.63) is 158 Å². The topological polar surface area (TPSA) is 6.48 Å². The van der Waals surface area contributed by atoms with Crippen molar-refractivity contribution in [3.8, 4) is 0 Å². The van der Waals surface area contributed by atoms with Crippen LogP contribution in [0.1, 0.15) is 25.0 Å². The summed E-state index contributed by atoms with van der Waals surface area (Å²) in [7, 11) is 0. The summed E-state index contributed by atoms with van der Waals surface area (Å²) in [6.07, 6.45) is 12.0. The van der Waals surface area contributed by atoms with Gasteiger partial charge in [0.25, 0.3) is 0 Å². The average Bonchev–Trinajstić information content (AvgIpc) is 2.98. The lowest BCUT2D eigenvalue weighted by Crippen LogP contribution is -2.20. The Morgan fingerprint density at radius 2 is 1.08 bits per heavy atom. The zero-order valence-corrected chi connectivity index (χ0v) is 22.3. The SMILES string of the molecule is C=CC(=C)N(c1ccccc1)c1c(C=C)c(C=C)c(N(C(/C=C\C)=C/C)c2ccccc2)c2ccccc12. The van der Waals surface area contributed by atoms with Crippen LogP contribution in [0.4, 0.5) is 22.7 Å². The lowest BCUT2D eigenvalue weighted by Gasteiger charge is -2.34. The predicted octanol–water partition coefficient (Wildman–Crippen LogP) is 10.6. The summed E-state index contributed by atoms with van der Waals surface area (Å²) in [4.78, 5) is 4.45. The highest BCUT2D eigenvalue weighted by Gasteiger charge is 2.26.